The second kappa shape index (κ2) is 10.7. The van der Waals surface area contributed by atoms with E-state index < -0.39 is 5.69 Å². The van der Waals surface area contributed by atoms with Crippen molar-refractivity contribution in [3.05, 3.63) is 47.5 Å². The first-order chi connectivity index (χ1) is 11.4. The lowest BCUT2D eigenvalue weighted by Crippen LogP contribution is -2.21. The van der Waals surface area contributed by atoms with Crippen LogP contribution in [-0.4, -0.2) is 30.7 Å². The van der Waals surface area contributed by atoms with Crippen molar-refractivity contribution < 1.29 is 14.2 Å². The fourth-order valence-electron chi connectivity index (χ4n) is 2.43. The minimum absolute atomic E-state index is 0.0482. The van der Waals surface area contributed by atoms with Crippen LogP contribution in [0.1, 0.15) is 33.3 Å². The molecule has 1 aromatic rings. The quantitative estimate of drug-likeness (QED) is 0.416. The van der Waals surface area contributed by atoms with E-state index in [2.05, 4.69) is 32.1 Å². The zero-order chi connectivity index (χ0) is 18.1. The summed E-state index contributed by atoms with van der Waals surface area (Å²) in [5.41, 5.74) is -0.107. The van der Waals surface area contributed by atoms with Crippen molar-refractivity contribution in [2.24, 2.45) is 5.41 Å². The Kier molecular flexibility index (Phi) is 9.80. The van der Waals surface area contributed by atoms with Crippen LogP contribution in [0.3, 0.4) is 0 Å². The lowest BCUT2D eigenvalue weighted by molar-refractivity contribution is 0.280. The Labute approximate surface area is 155 Å². The summed E-state index contributed by atoms with van der Waals surface area (Å²) in [5, 5.41) is 9.82. The van der Waals surface area contributed by atoms with Crippen molar-refractivity contribution >= 4 is 28.9 Å². The number of benzene rings is 1. The van der Waals surface area contributed by atoms with Crippen molar-refractivity contribution in [2.45, 2.75) is 34.1 Å². The number of hydrogen-bond acceptors (Lipinski definition) is 5. The van der Waals surface area contributed by atoms with Crippen molar-refractivity contribution in [3.63, 3.8) is 0 Å². The van der Waals surface area contributed by atoms with Crippen molar-refractivity contribution in [2.75, 3.05) is 25.6 Å². The Morgan fingerprint density at radius 3 is 2.29 bits per heavy atom. The van der Waals surface area contributed by atoms with Gasteiger partial charge in [-0.25, -0.2) is 0 Å². The molecule has 0 aliphatic carbocycles. The second-order valence-electron chi connectivity index (χ2n) is 6.01. The monoisotopic (exact) mass is 388 g/mol. The van der Waals surface area contributed by atoms with Crippen LogP contribution >= 0.6 is 17.1 Å². The van der Waals surface area contributed by atoms with Gasteiger partial charge in [0.15, 0.2) is 0 Å². The Morgan fingerprint density at radius 1 is 1.21 bits per heavy atom. The van der Waals surface area contributed by atoms with Gasteiger partial charge in [0.25, 0.3) is 0 Å². The summed E-state index contributed by atoms with van der Waals surface area (Å²) < 4.78 is 11.3. The van der Waals surface area contributed by atoms with E-state index in [0.29, 0.717) is 19.0 Å². The number of aliphatic hydroxyl groups is 1. The molecule has 0 bridgehead atoms. The van der Waals surface area contributed by atoms with Gasteiger partial charge in [-0.3, -0.25) is 0 Å². The van der Waals surface area contributed by atoms with Gasteiger partial charge in [0.1, 0.15) is 0 Å². The molecular weight excluding hydrogens is 359 g/mol. The van der Waals surface area contributed by atoms with Gasteiger partial charge in [-0.2, -0.15) is 0 Å². The van der Waals surface area contributed by atoms with Crippen LogP contribution < -0.4 is 0 Å². The first-order valence-corrected chi connectivity index (χ1v) is 12.5. The van der Waals surface area contributed by atoms with Gasteiger partial charge in [0.05, 0.1) is 19.8 Å². The first-order valence-electron chi connectivity index (χ1n) is 8.25. The number of aliphatic hydroxyl groups excluding tert-OH is 1. The molecule has 0 heterocycles. The van der Waals surface area contributed by atoms with Crippen molar-refractivity contribution in [3.8, 4) is 0 Å². The van der Waals surface area contributed by atoms with E-state index in [4.69, 9.17) is 20.9 Å². The highest BCUT2D eigenvalue weighted by Crippen LogP contribution is 2.60. The highest BCUT2D eigenvalue weighted by Gasteiger charge is 2.24. The maximum absolute atomic E-state index is 9.82. The molecule has 3 nitrogen and oxygen atoms in total. The smallest absolute Gasteiger partial charge is 0.247 e. The lowest BCUT2D eigenvalue weighted by atomic mass is 9.79. The van der Waals surface area contributed by atoms with E-state index in [9.17, 15) is 5.11 Å². The van der Waals surface area contributed by atoms with Gasteiger partial charge in [-0.15, -0.1) is 0 Å². The second-order valence-corrected chi connectivity index (χ2v) is 12.4. The molecular formula is C18H29O3PS2. The molecule has 0 amide bonds. The Morgan fingerprint density at radius 2 is 1.79 bits per heavy atom. The summed E-state index contributed by atoms with van der Waals surface area (Å²) in [4.78, 5) is 0. The van der Waals surface area contributed by atoms with E-state index in [1.807, 2.05) is 32.0 Å². The van der Waals surface area contributed by atoms with Gasteiger partial charge in [-0.05, 0) is 48.6 Å². The topological polar surface area (TPSA) is 38.7 Å². The molecule has 0 aliphatic heterocycles. The predicted octanol–water partition coefficient (Wildman–Crippen LogP) is 5.20. The molecule has 0 spiro atoms. The van der Waals surface area contributed by atoms with E-state index in [1.165, 1.54) is 16.9 Å². The SMILES string of the molecule is CCOP(=S)(OCC)SC/C=C(\CO)C(C)(C)Cc1ccccc1. The average Bonchev–Trinajstić information content (AvgIpc) is 2.52. The van der Waals surface area contributed by atoms with Crippen LogP contribution in [0.2, 0.25) is 0 Å². The maximum atomic E-state index is 9.82. The highest BCUT2D eigenvalue weighted by molar-refractivity contribution is 8.67. The molecule has 0 atom stereocenters. The van der Waals surface area contributed by atoms with Crippen molar-refractivity contribution in [1.29, 1.82) is 0 Å². The minimum Gasteiger partial charge on any atom is -0.392 e. The van der Waals surface area contributed by atoms with Crippen LogP contribution in [-0.2, 0) is 27.3 Å². The highest BCUT2D eigenvalue weighted by atomic mass is 32.9. The molecule has 0 aliphatic rings. The summed E-state index contributed by atoms with van der Waals surface area (Å²) in [6.07, 6.45) is 2.96. The molecule has 1 rings (SSSR count). The van der Waals surface area contributed by atoms with Gasteiger partial charge < -0.3 is 14.2 Å². The standard InChI is InChI=1S/C18H29O3PS2/c1-5-20-22(23,21-6-2)24-13-12-17(15-19)18(3,4)14-16-10-8-7-9-11-16/h7-12,19H,5-6,13-15H2,1-4H3/b17-12+. The molecule has 1 aromatic carbocycles. The normalized spacial score (nSPS) is 13.3. The number of hydrogen-bond donors (Lipinski definition) is 1. The van der Waals surface area contributed by atoms with E-state index >= 15 is 0 Å². The average molecular weight is 389 g/mol. The van der Waals surface area contributed by atoms with E-state index in [0.717, 1.165) is 12.0 Å². The van der Waals surface area contributed by atoms with Crippen molar-refractivity contribution in [1.82, 2.24) is 0 Å². The molecule has 0 aromatic heterocycles. The molecule has 1 N–H and O–H groups in total. The van der Waals surface area contributed by atoms with Crippen LogP contribution in [0.5, 0.6) is 0 Å². The first kappa shape index (κ1) is 21.9. The largest absolute Gasteiger partial charge is 0.392 e. The van der Waals surface area contributed by atoms with Crippen LogP contribution in [0.15, 0.2) is 42.0 Å². The summed E-state index contributed by atoms with van der Waals surface area (Å²) in [6, 6.07) is 10.4. The summed E-state index contributed by atoms with van der Waals surface area (Å²) in [6.45, 7) is 9.34. The Balaban J connectivity index is 2.76. The molecule has 0 saturated heterocycles. The molecule has 0 fully saturated rings. The molecule has 136 valence electrons. The third kappa shape index (κ3) is 7.38. The zero-order valence-corrected chi connectivity index (χ0v) is 17.6. The molecule has 0 radical (unpaired) electrons. The zero-order valence-electron chi connectivity index (χ0n) is 15.0. The van der Waals surface area contributed by atoms with Crippen LogP contribution in [0.25, 0.3) is 0 Å². The Bertz CT molecular complexity index is 549. The van der Waals surface area contributed by atoms with Gasteiger partial charge in [0.2, 0.25) is 5.69 Å². The third-order valence-electron chi connectivity index (χ3n) is 3.67. The summed E-state index contributed by atoms with van der Waals surface area (Å²) >= 11 is 7.06. The van der Waals surface area contributed by atoms with Crippen LogP contribution in [0, 0.1) is 5.41 Å². The summed E-state index contributed by atoms with van der Waals surface area (Å²) in [5.74, 6) is 0.686. The lowest BCUT2D eigenvalue weighted by Gasteiger charge is -2.28. The predicted molar refractivity (Wildman–Crippen MR) is 109 cm³/mol. The van der Waals surface area contributed by atoms with E-state index in [-0.39, 0.29) is 12.0 Å². The molecule has 6 heteroatoms. The van der Waals surface area contributed by atoms with Crippen LogP contribution in [0.4, 0.5) is 0 Å². The number of rotatable bonds is 11. The van der Waals surface area contributed by atoms with Gasteiger partial charge in [0, 0.05) is 5.75 Å². The molecule has 0 unspecified atom stereocenters. The van der Waals surface area contributed by atoms with Gasteiger partial charge >= 0.3 is 0 Å². The van der Waals surface area contributed by atoms with Gasteiger partial charge in [-0.1, -0.05) is 61.6 Å². The maximum Gasteiger partial charge on any atom is 0.247 e. The third-order valence-corrected chi connectivity index (χ3v) is 9.06. The Hall–Kier alpha value is -0.160. The minimum atomic E-state index is -2.28. The molecule has 0 saturated carbocycles. The molecule has 24 heavy (non-hydrogen) atoms. The fraction of sp³-hybridized carbons (Fsp3) is 0.556. The van der Waals surface area contributed by atoms with E-state index in [1.54, 1.807) is 0 Å². The summed E-state index contributed by atoms with van der Waals surface area (Å²) in [7, 11) is 0. The fourth-order valence-corrected chi connectivity index (χ4v) is 6.78.